The first kappa shape index (κ1) is 19.0. The Labute approximate surface area is 168 Å². The van der Waals surface area contributed by atoms with E-state index in [1.807, 2.05) is 11.8 Å². The molecule has 1 amide bonds. The van der Waals surface area contributed by atoms with Crippen LogP contribution in [0.5, 0.6) is 0 Å². The van der Waals surface area contributed by atoms with Gasteiger partial charge >= 0.3 is 0 Å². The quantitative estimate of drug-likeness (QED) is 0.575. The predicted molar refractivity (Wildman–Crippen MR) is 112 cm³/mol. The van der Waals surface area contributed by atoms with Gasteiger partial charge in [-0.2, -0.15) is 0 Å². The minimum atomic E-state index is 0.0726. The molecule has 0 radical (unpaired) electrons. The Balaban J connectivity index is 1.60. The smallest absolute Gasteiger partial charge is 0.263 e. The molecule has 1 fully saturated rings. The van der Waals surface area contributed by atoms with Crippen LogP contribution in [0.2, 0.25) is 0 Å². The fraction of sp³-hybridized carbons (Fsp3) is 0.650. The Morgan fingerprint density at radius 1 is 1.30 bits per heavy atom. The number of fused-ring (bicyclic) bond motifs is 3. The van der Waals surface area contributed by atoms with Gasteiger partial charge in [-0.3, -0.25) is 14.2 Å². The summed E-state index contributed by atoms with van der Waals surface area (Å²) in [6.45, 7) is 6.48. The number of rotatable bonds is 4. The summed E-state index contributed by atoms with van der Waals surface area (Å²) in [6.07, 6.45) is 6.70. The van der Waals surface area contributed by atoms with Gasteiger partial charge in [0.25, 0.3) is 5.56 Å². The first-order valence-electron chi connectivity index (χ1n) is 10.0. The number of hydrogen-bond donors (Lipinski definition) is 0. The zero-order valence-electron chi connectivity index (χ0n) is 16.1. The van der Waals surface area contributed by atoms with Crippen LogP contribution in [0.1, 0.15) is 50.0 Å². The molecule has 4 rings (SSSR count). The van der Waals surface area contributed by atoms with E-state index in [1.165, 1.54) is 35.0 Å². The summed E-state index contributed by atoms with van der Waals surface area (Å²) in [5, 5.41) is 1.52. The third-order valence-corrected chi connectivity index (χ3v) is 7.84. The first-order chi connectivity index (χ1) is 13.1. The van der Waals surface area contributed by atoms with Crippen LogP contribution < -0.4 is 5.56 Å². The lowest BCUT2D eigenvalue weighted by molar-refractivity contribution is -0.130. The maximum absolute atomic E-state index is 13.1. The number of piperidine rings is 1. The molecule has 27 heavy (non-hydrogen) atoms. The molecule has 5 nitrogen and oxygen atoms in total. The van der Waals surface area contributed by atoms with Crippen molar-refractivity contribution in [1.29, 1.82) is 0 Å². The van der Waals surface area contributed by atoms with Crippen molar-refractivity contribution in [2.45, 2.75) is 64.1 Å². The number of aryl methyl sites for hydroxylation is 2. The molecule has 1 unspecified atom stereocenters. The molecular formula is C20H27N3O2S2. The van der Waals surface area contributed by atoms with Crippen LogP contribution in [0.4, 0.5) is 0 Å². The van der Waals surface area contributed by atoms with Crippen molar-refractivity contribution in [3.8, 4) is 0 Å². The number of hydrogen-bond acceptors (Lipinski definition) is 5. The van der Waals surface area contributed by atoms with Gasteiger partial charge in [0.2, 0.25) is 5.91 Å². The summed E-state index contributed by atoms with van der Waals surface area (Å²) in [4.78, 5) is 34.7. The maximum Gasteiger partial charge on any atom is 0.263 e. The van der Waals surface area contributed by atoms with Crippen molar-refractivity contribution in [3.63, 3.8) is 0 Å². The predicted octanol–water partition coefficient (Wildman–Crippen LogP) is 3.71. The van der Waals surface area contributed by atoms with Gasteiger partial charge in [0.15, 0.2) is 5.16 Å². The number of aromatic nitrogens is 2. The van der Waals surface area contributed by atoms with Crippen LogP contribution in [0.25, 0.3) is 10.2 Å². The van der Waals surface area contributed by atoms with Gasteiger partial charge < -0.3 is 4.90 Å². The SMILES string of the molecule is CCn1c(SCC(=O)N2CCCC(C)C2)nc2sc3c(c2c1=O)CCCC3. The van der Waals surface area contributed by atoms with Gasteiger partial charge in [-0.05, 0) is 56.9 Å². The Morgan fingerprint density at radius 3 is 2.89 bits per heavy atom. The molecule has 1 aliphatic heterocycles. The molecule has 1 atom stereocenters. The molecule has 7 heteroatoms. The number of likely N-dealkylation sites (tertiary alicyclic amines) is 1. The molecule has 1 saturated heterocycles. The lowest BCUT2D eigenvalue weighted by atomic mass is 9.97. The van der Waals surface area contributed by atoms with Crippen molar-refractivity contribution in [2.75, 3.05) is 18.8 Å². The fourth-order valence-electron chi connectivity index (χ4n) is 4.24. The molecule has 146 valence electrons. The van der Waals surface area contributed by atoms with Crippen LogP contribution in [0.3, 0.4) is 0 Å². The second kappa shape index (κ2) is 7.95. The summed E-state index contributed by atoms with van der Waals surface area (Å²) < 4.78 is 1.75. The summed E-state index contributed by atoms with van der Waals surface area (Å²) in [5.74, 6) is 1.10. The van der Waals surface area contributed by atoms with Gasteiger partial charge in [0.1, 0.15) is 4.83 Å². The van der Waals surface area contributed by atoms with Gasteiger partial charge in [-0.25, -0.2) is 4.98 Å². The number of amides is 1. The standard InChI is InChI=1S/C20H27N3O2S2/c1-3-23-19(25)17-14-8-4-5-9-15(14)27-18(17)21-20(23)26-12-16(24)22-10-6-7-13(2)11-22/h13H,3-12H2,1-2H3. The molecule has 0 saturated carbocycles. The highest BCUT2D eigenvalue weighted by atomic mass is 32.2. The van der Waals surface area contributed by atoms with Crippen LogP contribution >= 0.6 is 23.1 Å². The topological polar surface area (TPSA) is 55.2 Å². The van der Waals surface area contributed by atoms with Crippen molar-refractivity contribution in [2.24, 2.45) is 5.92 Å². The number of carbonyl (C=O) groups is 1. The average Bonchev–Trinajstić information content (AvgIpc) is 3.04. The van der Waals surface area contributed by atoms with E-state index in [2.05, 4.69) is 6.92 Å². The van der Waals surface area contributed by atoms with E-state index in [9.17, 15) is 9.59 Å². The summed E-state index contributed by atoms with van der Waals surface area (Å²) in [6, 6.07) is 0. The van der Waals surface area contributed by atoms with Crippen molar-refractivity contribution >= 4 is 39.2 Å². The number of thioether (sulfide) groups is 1. The third kappa shape index (κ3) is 3.68. The molecule has 2 aromatic heterocycles. The zero-order chi connectivity index (χ0) is 19.0. The minimum Gasteiger partial charge on any atom is -0.342 e. The Morgan fingerprint density at radius 2 is 2.11 bits per heavy atom. The van der Waals surface area contributed by atoms with E-state index >= 15 is 0 Å². The Hall–Kier alpha value is -1.34. The maximum atomic E-state index is 13.1. The van der Waals surface area contributed by atoms with E-state index in [-0.39, 0.29) is 11.5 Å². The molecule has 3 heterocycles. The largest absolute Gasteiger partial charge is 0.342 e. The number of nitrogens with zero attached hydrogens (tertiary/aromatic N) is 3. The molecule has 0 N–H and O–H groups in total. The highest BCUT2D eigenvalue weighted by molar-refractivity contribution is 7.99. The van der Waals surface area contributed by atoms with Gasteiger partial charge in [0.05, 0.1) is 11.1 Å². The van der Waals surface area contributed by atoms with Crippen molar-refractivity contribution in [3.05, 3.63) is 20.8 Å². The molecule has 0 aromatic carbocycles. The average molecular weight is 406 g/mol. The summed E-state index contributed by atoms with van der Waals surface area (Å²) in [7, 11) is 0. The van der Waals surface area contributed by atoms with E-state index in [4.69, 9.17) is 4.98 Å². The highest BCUT2D eigenvalue weighted by Crippen LogP contribution is 2.34. The van der Waals surface area contributed by atoms with Crippen LogP contribution in [0, 0.1) is 5.92 Å². The molecular weight excluding hydrogens is 378 g/mol. The van der Waals surface area contributed by atoms with E-state index in [0.29, 0.717) is 23.4 Å². The Kier molecular flexibility index (Phi) is 5.60. The minimum absolute atomic E-state index is 0.0726. The Bertz CT molecular complexity index is 918. The number of thiophene rings is 1. The second-order valence-electron chi connectivity index (χ2n) is 7.71. The zero-order valence-corrected chi connectivity index (χ0v) is 17.8. The third-order valence-electron chi connectivity index (χ3n) is 5.69. The number of carbonyl (C=O) groups excluding carboxylic acids is 1. The molecule has 2 aromatic rings. The molecule has 0 bridgehead atoms. The van der Waals surface area contributed by atoms with Gasteiger partial charge in [-0.1, -0.05) is 18.7 Å². The lowest BCUT2D eigenvalue weighted by Gasteiger charge is -2.30. The monoisotopic (exact) mass is 405 g/mol. The molecule has 2 aliphatic rings. The normalized spacial score (nSPS) is 20.1. The van der Waals surface area contributed by atoms with Crippen LogP contribution in [-0.2, 0) is 24.2 Å². The van der Waals surface area contributed by atoms with E-state index in [1.54, 1.807) is 15.9 Å². The lowest BCUT2D eigenvalue weighted by Crippen LogP contribution is -2.40. The molecule has 1 aliphatic carbocycles. The first-order valence-corrected chi connectivity index (χ1v) is 11.8. The van der Waals surface area contributed by atoms with Crippen LogP contribution in [0.15, 0.2) is 9.95 Å². The van der Waals surface area contributed by atoms with Gasteiger partial charge in [0, 0.05) is 24.5 Å². The molecule has 0 spiro atoms. The van der Waals surface area contributed by atoms with E-state index in [0.717, 1.165) is 49.0 Å². The van der Waals surface area contributed by atoms with Crippen molar-refractivity contribution < 1.29 is 4.79 Å². The summed E-state index contributed by atoms with van der Waals surface area (Å²) >= 11 is 3.09. The van der Waals surface area contributed by atoms with Crippen LogP contribution in [-0.4, -0.2) is 39.2 Å². The highest BCUT2D eigenvalue weighted by Gasteiger charge is 2.24. The second-order valence-corrected chi connectivity index (χ2v) is 9.74. The summed E-state index contributed by atoms with van der Waals surface area (Å²) in [5.41, 5.74) is 1.30. The van der Waals surface area contributed by atoms with Gasteiger partial charge in [-0.15, -0.1) is 11.3 Å². The fourth-order valence-corrected chi connectivity index (χ4v) is 6.51. The van der Waals surface area contributed by atoms with E-state index < -0.39 is 0 Å². The van der Waals surface area contributed by atoms with Crippen molar-refractivity contribution in [1.82, 2.24) is 14.5 Å².